The van der Waals surface area contributed by atoms with Crippen molar-refractivity contribution in [2.24, 2.45) is 0 Å². The quantitative estimate of drug-likeness (QED) is 0.598. The van der Waals surface area contributed by atoms with E-state index in [0.717, 1.165) is 48.4 Å². The molecule has 27 heavy (non-hydrogen) atoms. The number of aromatic nitrogens is 3. The fraction of sp³-hybridized carbons (Fsp3) is 0.273. The zero-order valence-corrected chi connectivity index (χ0v) is 15.4. The standard InChI is InChI=1S/C22H22N4O/c1-15-10-19-4-2-17(13-25(19)12-15)18-3-5-21-24-20(11-22(27)26(21)14-18)16-6-8-23-9-7-16/h2-5,10-14,16,23H,6-9H2,1H3. The Bertz CT molecular complexity index is 1200. The van der Waals surface area contributed by atoms with Gasteiger partial charge in [-0.3, -0.25) is 9.20 Å². The third kappa shape index (κ3) is 2.94. The van der Waals surface area contributed by atoms with Gasteiger partial charge in [-0.2, -0.15) is 0 Å². The number of hydrogen-bond acceptors (Lipinski definition) is 3. The molecule has 5 heteroatoms. The fourth-order valence-electron chi connectivity index (χ4n) is 4.04. The van der Waals surface area contributed by atoms with Crippen LogP contribution < -0.4 is 10.9 Å². The number of pyridine rings is 2. The van der Waals surface area contributed by atoms with Crippen LogP contribution in [-0.4, -0.2) is 26.9 Å². The number of nitrogens with zero attached hydrogens (tertiary/aromatic N) is 3. The van der Waals surface area contributed by atoms with Crippen LogP contribution in [0, 0.1) is 6.92 Å². The van der Waals surface area contributed by atoms with E-state index in [2.05, 4.69) is 47.2 Å². The summed E-state index contributed by atoms with van der Waals surface area (Å²) in [6.45, 7) is 4.08. The summed E-state index contributed by atoms with van der Waals surface area (Å²) in [5.74, 6) is 0.378. The predicted octanol–water partition coefficient (Wildman–Crippen LogP) is 3.39. The highest BCUT2D eigenvalue weighted by Gasteiger charge is 2.18. The van der Waals surface area contributed by atoms with Gasteiger partial charge in [0.05, 0.1) is 5.69 Å². The zero-order valence-electron chi connectivity index (χ0n) is 15.4. The molecular weight excluding hydrogens is 336 g/mol. The van der Waals surface area contributed by atoms with Crippen molar-refractivity contribution in [3.63, 3.8) is 0 Å². The van der Waals surface area contributed by atoms with Gasteiger partial charge in [-0.1, -0.05) is 6.07 Å². The molecule has 136 valence electrons. The Labute approximate surface area is 157 Å². The maximum absolute atomic E-state index is 12.7. The van der Waals surface area contributed by atoms with E-state index < -0.39 is 0 Å². The highest BCUT2D eigenvalue weighted by molar-refractivity contribution is 5.67. The lowest BCUT2D eigenvalue weighted by molar-refractivity contribution is 0.453. The SMILES string of the molecule is Cc1cc2ccc(-c3ccc4nc(C5CCNCC5)cc(=O)n4c3)cn2c1. The predicted molar refractivity (Wildman–Crippen MR) is 107 cm³/mol. The Morgan fingerprint density at radius 3 is 2.63 bits per heavy atom. The number of hydrogen-bond donors (Lipinski definition) is 1. The molecule has 0 atom stereocenters. The van der Waals surface area contributed by atoms with Gasteiger partial charge in [0.25, 0.3) is 5.56 Å². The number of fused-ring (bicyclic) bond motifs is 2. The van der Waals surface area contributed by atoms with Crippen LogP contribution in [0.25, 0.3) is 22.3 Å². The van der Waals surface area contributed by atoms with Gasteiger partial charge in [0.15, 0.2) is 0 Å². The van der Waals surface area contributed by atoms with E-state index in [1.54, 1.807) is 10.5 Å². The van der Waals surface area contributed by atoms with Crippen molar-refractivity contribution in [1.29, 1.82) is 0 Å². The van der Waals surface area contributed by atoms with Crippen LogP contribution >= 0.6 is 0 Å². The van der Waals surface area contributed by atoms with Crippen LogP contribution in [0.5, 0.6) is 0 Å². The van der Waals surface area contributed by atoms with Gasteiger partial charge < -0.3 is 9.72 Å². The molecule has 0 saturated carbocycles. The van der Waals surface area contributed by atoms with E-state index in [-0.39, 0.29) is 5.56 Å². The monoisotopic (exact) mass is 358 g/mol. The minimum Gasteiger partial charge on any atom is -0.323 e. The first-order valence-corrected chi connectivity index (χ1v) is 9.50. The first kappa shape index (κ1) is 16.3. The smallest absolute Gasteiger partial charge is 0.258 e. The molecule has 4 aromatic heterocycles. The lowest BCUT2D eigenvalue weighted by Gasteiger charge is -2.22. The molecule has 5 rings (SSSR count). The Kier molecular flexibility index (Phi) is 3.83. The lowest BCUT2D eigenvalue weighted by atomic mass is 9.94. The minimum atomic E-state index is -0.00623. The maximum atomic E-state index is 12.7. The van der Waals surface area contributed by atoms with Crippen molar-refractivity contribution >= 4 is 11.2 Å². The molecule has 1 fully saturated rings. The van der Waals surface area contributed by atoms with Crippen LogP contribution in [0.3, 0.4) is 0 Å². The third-order valence-corrected chi connectivity index (χ3v) is 5.50. The average molecular weight is 358 g/mol. The van der Waals surface area contributed by atoms with Gasteiger partial charge in [0, 0.05) is 41.7 Å². The number of piperidine rings is 1. The Morgan fingerprint density at radius 1 is 1.00 bits per heavy atom. The molecule has 0 aromatic carbocycles. The highest BCUT2D eigenvalue weighted by atomic mass is 16.1. The summed E-state index contributed by atoms with van der Waals surface area (Å²) in [5, 5.41) is 3.36. The number of aryl methyl sites for hydroxylation is 1. The molecule has 0 radical (unpaired) electrons. The molecule has 4 aromatic rings. The van der Waals surface area contributed by atoms with E-state index >= 15 is 0 Å². The van der Waals surface area contributed by atoms with Crippen molar-refractivity contribution in [2.75, 3.05) is 13.1 Å². The summed E-state index contributed by atoms with van der Waals surface area (Å²) in [6, 6.07) is 12.1. The second-order valence-electron chi connectivity index (χ2n) is 7.46. The summed E-state index contributed by atoms with van der Waals surface area (Å²) < 4.78 is 3.78. The summed E-state index contributed by atoms with van der Waals surface area (Å²) in [6.07, 6.45) is 8.19. The summed E-state index contributed by atoms with van der Waals surface area (Å²) in [7, 11) is 0. The molecule has 1 N–H and O–H groups in total. The van der Waals surface area contributed by atoms with Crippen LogP contribution in [0.15, 0.2) is 59.8 Å². The van der Waals surface area contributed by atoms with Gasteiger partial charge in [-0.25, -0.2) is 4.98 Å². The molecule has 0 unspecified atom stereocenters. The molecule has 1 aliphatic heterocycles. The van der Waals surface area contributed by atoms with E-state index in [9.17, 15) is 4.79 Å². The molecule has 1 saturated heterocycles. The van der Waals surface area contributed by atoms with E-state index in [4.69, 9.17) is 4.98 Å². The molecule has 0 aliphatic carbocycles. The minimum absolute atomic E-state index is 0.00623. The van der Waals surface area contributed by atoms with E-state index in [0.29, 0.717) is 5.92 Å². The third-order valence-electron chi connectivity index (χ3n) is 5.50. The largest absolute Gasteiger partial charge is 0.323 e. The van der Waals surface area contributed by atoms with Gasteiger partial charge in [-0.15, -0.1) is 0 Å². The van der Waals surface area contributed by atoms with Gasteiger partial charge in [0.2, 0.25) is 0 Å². The van der Waals surface area contributed by atoms with Crippen molar-refractivity contribution in [2.45, 2.75) is 25.7 Å². The molecule has 5 nitrogen and oxygen atoms in total. The number of nitrogens with one attached hydrogen (secondary N) is 1. The molecule has 5 heterocycles. The average Bonchev–Trinajstić information content (AvgIpc) is 3.07. The van der Waals surface area contributed by atoms with E-state index in [1.165, 1.54) is 11.1 Å². The molecule has 0 spiro atoms. The van der Waals surface area contributed by atoms with Crippen LogP contribution in [0.2, 0.25) is 0 Å². The molecule has 0 amide bonds. The Morgan fingerprint density at radius 2 is 1.78 bits per heavy atom. The fourth-order valence-corrected chi connectivity index (χ4v) is 4.04. The van der Waals surface area contributed by atoms with Crippen LogP contribution in [-0.2, 0) is 0 Å². The summed E-state index contributed by atoms with van der Waals surface area (Å²) in [5.41, 5.74) is 6.13. The summed E-state index contributed by atoms with van der Waals surface area (Å²) >= 11 is 0. The van der Waals surface area contributed by atoms with Gasteiger partial charge >= 0.3 is 0 Å². The van der Waals surface area contributed by atoms with Gasteiger partial charge in [0.1, 0.15) is 5.65 Å². The Balaban J connectivity index is 1.58. The molecule has 1 aliphatic rings. The second kappa shape index (κ2) is 6.35. The Hall–Kier alpha value is -2.92. The topological polar surface area (TPSA) is 50.8 Å². The normalized spacial score (nSPS) is 15.6. The van der Waals surface area contributed by atoms with Crippen molar-refractivity contribution in [1.82, 2.24) is 19.1 Å². The van der Waals surface area contributed by atoms with Crippen LogP contribution in [0.1, 0.15) is 30.0 Å². The lowest BCUT2D eigenvalue weighted by Crippen LogP contribution is -2.28. The highest BCUT2D eigenvalue weighted by Crippen LogP contribution is 2.24. The van der Waals surface area contributed by atoms with Crippen LogP contribution in [0.4, 0.5) is 0 Å². The first-order valence-electron chi connectivity index (χ1n) is 9.50. The first-order chi connectivity index (χ1) is 13.2. The van der Waals surface area contributed by atoms with E-state index in [1.807, 2.05) is 18.3 Å². The summed E-state index contributed by atoms with van der Waals surface area (Å²) in [4.78, 5) is 17.5. The molecular formula is C22H22N4O. The maximum Gasteiger partial charge on any atom is 0.258 e. The number of rotatable bonds is 2. The zero-order chi connectivity index (χ0) is 18.4. The van der Waals surface area contributed by atoms with Crippen molar-refractivity contribution < 1.29 is 0 Å². The van der Waals surface area contributed by atoms with Gasteiger partial charge in [-0.05, 0) is 68.2 Å². The van der Waals surface area contributed by atoms with Crippen molar-refractivity contribution in [3.05, 3.63) is 76.6 Å². The van der Waals surface area contributed by atoms with Crippen molar-refractivity contribution in [3.8, 4) is 11.1 Å². The second-order valence-corrected chi connectivity index (χ2v) is 7.46. The molecule has 0 bridgehead atoms.